The van der Waals surface area contributed by atoms with E-state index in [1.54, 1.807) is 25.1 Å². The number of nitrogens with zero attached hydrogens (tertiary/aromatic N) is 2. The van der Waals surface area contributed by atoms with Crippen LogP contribution < -0.4 is 5.14 Å². The third-order valence-electron chi connectivity index (χ3n) is 6.54. The zero-order valence-corrected chi connectivity index (χ0v) is 21.1. The standard InChI is InChI=1S/C25H37N3O3S/c1-17-23(32(26,30)31)15-22(28(17)16-18-10-8-7-9-11-18)19-12-20(24(29)27(5)6)14-21(13-19)25(2,3)4/h12-15,18H,7-11,16H2,1-6H3,(H2,26,30,31). The summed E-state index contributed by atoms with van der Waals surface area (Å²) in [6.45, 7) is 8.91. The van der Waals surface area contributed by atoms with Crippen molar-refractivity contribution in [3.05, 3.63) is 41.1 Å². The van der Waals surface area contributed by atoms with Crippen molar-refractivity contribution in [2.45, 2.75) is 76.7 Å². The molecule has 32 heavy (non-hydrogen) atoms. The quantitative estimate of drug-likeness (QED) is 0.704. The second-order valence-electron chi connectivity index (χ2n) is 10.4. The molecule has 0 saturated heterocycles. The summed E-state index contributed by atoms with van der Waals surface area (Å²) in [6.07, 6.45) is 5.98. The fourth-order valence-electron chi connectivity index (χ4n) is 4.60. The van der Waals surface area contributed by atoms with Crippen LogP contribution in [0.5, 0.6) is 0 Å². The third kappa shape index (κ3) is 5.26. The fourth-order valence-corrected chi connectivity index (χ4v) is 5.40. The summed E-state index contributed by atoms with van der Waals surface area (Å²) >= 11 is 0. The third-order valence-corrected chi connectivity index (χ3v) is 7.57. The van der Waals surface area contributed by atoms with Gasteiger partial charge in [-0.1, -0.05) is 40.0 Å². The number of primary sulfonamides is 1. The number of sulfonamides is 1. The Labute approximate surface area is 192 Å². The number of hydrogen-bond acceptors (Lipinski definition) is 3. The first-order valence-electron chi connectivity index (χ1n) is 11.4. The Hall–Kier alpha value is -2.12. The maximum atomic E-state index is 12.8. The van der Waals surface area contributed by atoms with Gasteiger partial charge in [-0.3, -0.25) is 4.79 Å². The minimum Gasteiger partial charge on any atom is -0.345 e. The molecule has 0 spiro atoms. The lowest BCUT2D eigenvalue weighted by molar-refractivity contribution is 0.0827. The average molecular weight is 460 g/mol. The highest BCUT2D eigenvalue weighted by Gasteiger charge is 2.25. The van der Waals surface area contributed by atoms with E-state index in [1.165, 1.54) is 19.3 Å². The molecule has 7 heteroatoms. The van der Waals surface area contributed by atoms with E-state index in [1.807, 2.05) is 19.1 Å². The van der Waals surface area contributed by atoms with E-state index >= 15 is 0 Å². The summed E-state index contributed by atoms with van der Waals surface area (Å²) in [5.41, 5.74) is 3.76. The van der Waals surface area contributed by atoms with Crippen LogP contribution in [-0.4, -0.2) is 37.9 Å². The molecule has 0 atom stereocenters. The molecule has 3 rings (SSSR count). The number of nitrogens with two attached hydrogens (primary N) is 1. The van der Waals surface area contributed by atoms with Gasteiger partial charge in [0, 0.05) is 37.6 Å². The highest BCUT2D eigenvalue weighted by Crippen LogP contribution is 2.35. The molecule has 2 N–H and O–H groups in total. The lowest BCUT2D eigenvalue weighted by Gasteiger charge is -2.25. The van der Waals surface area contributed by atoms with E-state index in [0.717, 1.165) is 36.2 Å². The van der Waals surface area contributed by atoms with Crippen LogP contribution in [0, 0.1) is 12.8 Å². The van der Waals surface area contributed by atoms with Crippen molar-refractivity contribution in [1.29, 1.82) is 0 Å². The molecular weight excluding hydrogens is 422 g/mol. The van der Waals surface area contributed by atoms with Crippen molar-refractivity contribution in [2.24, 2.45) is 11.1 Å². The van der Waals surface area contributed by atoms with Gasteiger partial charge in [0.05, 0.1) is 0 Å². The molecule has 176 valence electrons. The second kappa shape index (κ2) is 9.02. The molecule has 0 aliphatic heterocycles. The second-order valence-corrected chi connectivity index (χ2v) is 11.9. The summed E-state index contributed by atoms with van der Waals surface area (Å²) in [5.74, 6) is 0.432. The number of amides is 1. The molecule has 1 aliphatic rings. The molecule has 6 nitrogen and oxygen atoms in total. The predicted molar refractivity (Wildman–Crippen MR) is 129 cm³/mol. The Morgan fingerprint density at radius 1 is 1.09 bits per heavy atom. The van der Waals surface area contributed by atoms with Crippen molar-refractivity contribution >= 4 is 15.9 Å². The molecule has 1 aromatic carbocycles. The van der Waals surface area contributed by atoms with Crippen LogP contribution in [0.15, 0.2) is 29.2 Å². The molecule has 1 aromatic heterocycles. The van der Waals surface area contributed by atoms with Crippen LogP contribution in [0.1, 0.15) is 74.5 Å². The van der Waals surface area contributed by atoms with E-state index < -0.39 is 10.0 Å². The Morgan fingerprint density at radius 2 is 1.72 bits per heavy atom. The average Bonchev–Trinajstić information content (AvgIpc) is 3.03. The molecule has 2 aromatic rings. The van der Waals surface area contributed by atoms with Gasteiger partial charge >= 0.3 is 0 Å². The van der Waals surface area contributed by atoms with Crippen LogP contribution in [-0.2, 0) is 22.0 Å². The van der Waals surface area contributed by atoms with Crippen LogP contribution >= 0.6 is 0 Å². The molecule has 0 radical (unpaired) electrons. The summed E-state index contributed by atoms with van der Waals surface area (Å²) in [6, 6.07) is 7.56. The predicted octanol–water partition coefficient (Wildman–Crippen LogP) is 4.69. The fraction of sp³-hybridized carbons (Fsp3) is 0.560. The van der Waals surface area contributed by atoms with Crippen molar-refractivity contribution in [1.82, 2.24) is 9.47 Å². The van der Waals surface area contributed by atoms with Gasteiger partial charge in [-0.2, -0.15) is 0 Å². The Morgan fingerprint density at radius 3 is 2.25 bits per heavy atom. The van der Waals surface area contributed by atoms with E-state index in [-0.39, 0.29) is 16.2 Å². The summed E-state index contributed by atoms with van der Waals surface area (Å²) in [4.78, 5) is 14.6. The first-order valence-corrected chi connectivity index (χ1v) is 12.9. The number of rotatable bonds is 5. The largest absolute Gasteiger partial charge is 0.345 e. The van der Waals surface area contributed by atoms with Gasteiger partial charge in [0.15, 0.2) is 0 Å². The van der Waals surface area contributed by atoms with Crippen molar-refractivity contribution in [2.75, 3.05) is 14.1 Å². The first kappa shape index (κ1) is 24.5. The van der Waals surface area contributed by atoms with Gasteiger partial charge in [0.2, 0.25) is 10.0 Å². The van der Waals surface area contributed by atoms with E-state index in [9.17, 15) is 13.2 Å². The molecule has 0 unspecified atom stereocenters. The van der Waals surface area contributed by atoms with Crippen molar-refractivity contribution < 1.29 is 13.2 Å². The molecule has 1 aliphatic carbocycles. The monoisotopic (exact) mass is 459 g/mol. The van der Waals surface area contributed by atoms with Gasteiger partial charge in [0.25, 0.3) is 5.91 Å². The SMILES string of the molecule is Cc1c(S(N)(=O)=O)cc(-c2cc(C(=O)N(C)C)cc(C(C)(C)C)c2)n1CC1CCCCC1. The van der Waals surface area contributed by atoms with E-state index in [2.05, 4.69) is 31.4 Å². The zero-order valence-electron chi connectivity index (χ0n) is 20.2. The van der Waals surface area contributed by atoms with Gasteiger partial charge in [-0.15, -0.1) is 0 Å². The van der Waals surface area contributed by atoms with Crippen molar-refractivity contribution in [3.8, 4) is 11.3 Å². The van der Waals surface area contributed by atoms with Gasteiger partial charge in [-0.25, -0.2) is 13.6 Å². The van der Waals surface area contributed by atoms with Crippen molar-refractivity contribution in [3.63, 3.8) is 0 Å². The molecular formula is C25H37N3O3S. The van der Waals surface area contributed by atoms with Crippen LogP contribution in [0.3, 0.4) is 0 Å². The maximum absolute atomic E-state index is 12.8. The van der Waals surface area contributed by atoms with Gasteiger partial charge in [0.1, 0.15) is 4.90 Å². The number of aromatic nitrogens is 1. The van der Waals surface area contributed by atoms with E-state index in [0.29, 0.717) is 17.2 Å². The smallest absolute Gasteiger partial charge is 0.253 e. The molecule has 0 bridgehead atoms. The number of carbonyl (C=O) groups excluding carboxylic acids is 1. The lowest BCUT2D eigenvalue weighted by Crippen LogP contribution is -2.23. The molecule has 1 fully saturated rings. The highest BCUT2D eigenvalue weighted by atomic mass is 32.2. The molecule has 1 amide bonds. The topological polar surface area (TPSA) is 85.4 Å². The lowest BCUT2D eigenvalue weighted by atomic mass is 9.84. The molecule has 1 heterocycles. The first-order chi connectivity index (χ1) is 14.8. The van der Waals surface area contributed by atoms with Gasteiger partial charge in [-0.05, 0) is 66.5 Å². The normalized spacial score (nSPS) is 15.7. The Bertz CT molecular complexity index is 1100. The van der Waals surface area contributed by atoms with Crippen LogP contribution in [0.25, 0.3) is 11.3 Å². The minimum absolute atomic E-state index is 0.0777. The number of hydrogen-bond donors (Lipinski definition) is 1. The Balaban J connectivity index is 2.22. The summed E-state index contributed by atoms with van der Waals surface area (Å²) < 4.78 is 26.8. The van der Waals surface area contributed by atoms with E-state index in [4.69, 9.17) is 5.14 Å². The minimum atomic E-state index is -3.86. The zero-order chi connectivity index (χ0) is 23.8. The molecule has 1 saturated carbocycles. The number of carbonyl (C=O) groups is 1. The van der Waals surface area contributed by atoms with Gasteiger partial charge < -0.3 is 9.47 Å². The maximum Gasteiger partial charge on any atom is 0.253 e. The summed E-state index contributed by atoms with van der Waals surface area (Å²) in [7, 11) is -0.385. The van der Waals surface area contributed by atoms with Crippen LogP contribution in [0.4, 0.5) is 0 Å². The number of benzene rings is 1. The Kier molecular flexibility index (Phi) is 6.91. The van der Waals surface area contributed by atoms with Crippen LogP contribution in [0.2, 0.25) is 0 Å². The summed E-state index contributed by atoms with van der Waals surface area (Å²) in [5, 5.41) is 5.57. The highest BCUT2D eigenvalue weighted by molar-refractivity contribution is 7.89.